The first-order valence-electron chi connectivity index (χ1n) is 4.55. The van der Waals surface area contributed by atoms with Crippen LogP contribution in [-0.2, 0) is 0 Å². The van der Waals surface area contributed by atoms with Gasteiger partial charge < -0.3 is 5.32 Å². The summed E-state index contributed by atoms with van der Waals surface area (Å²) < 4.78 is 0. The summed E-state index contributed by atoms with van der Waals surface area (Å²) in [4.78, 5) is 15.4. The van der Waals surface area contributed by atoms with Gasteiger partial charge in [0, 0.05) is 11.9 Å². The van der Waals surface area contributed by atoms with E-state index in [0.29, 0.717) is 17.6 Å². The molecule has 14 heavy (non-hydrogen) atoms. The van der Waals surface area contributed by atoms with E-state index in [1.165, 1.54) is 11.3 Å². The number of nitrogens with one attached hydrogen (secondary N) is 2. The lowest BCUT2D eigenvalue weighted by molar-refractivity contribution is 0.251. The van der Waals surface area contributed by atoms with Crippen molar-refractivity contribution in [3.8, 4) is 0 Å². The number of rotatable bonds is 3. The number of hydrogen-bond acceptors (Lipinski definition) is 3. The van der Waals surface area contributed by atoms with Gasteiger partial charge in [-0.1, -0.05) is 13.8 Å². The minimum atomic E-state index is -0.187. The molecule has 0 atom stereocenters. The topological polar surface area (TPSA) is 54.0 Å². The maximum Gasteiger partial charge on any atom is 0.321 e. The summed E-state index contributed by atoms with van der Waals surface area (Å²) in [5.41, 5.74) is 0.925. The first-order chi connectivity index (χ1) is 6.58. The largest absolute Gasteiger partial charge is 0.338 e. The fourth-order valence-electron chi connectivity index (χ4n) is 0.850. The summed E-state index contributed by atoms with van der Waals surface area (Å²) in [5.74, 6) is 0.457. The molecule has 0 aliphatic heterocycles. The molecular formula is C9H15N3OS. The number of aryl methyl sites for hydroxylation is 1. The molecular weight excluding hydrogens is 198 g/mol. The third-order valence-corrected chi connectivity index (χ3v) is 2.39. The third-order valence-electron chi connectivity index (χ3n) is 1.51. The zero-order chi connectivity index (χ0) is 10.6. The Labute approximate surface area is 87.7 Å². The number of amides is 2. The van der Waals surface area contributed by atoms with E-state index in [1.807, 2.05) is 26.2 Å². The van der Waals surface area contributed by atoms with Crippen LogP contribution in [-0.4, -0.2) is 17.6 Å². The van der Waals surface area contributed by atoms with Crippen LogP contribution in [0.4, 0.5) is 9.93 Å². The lowest BCUT2D eigenvalue weighted by Crippen LogP contribution is -2.31. The van der Waals surface area contributed by atoms with Gasteiger partial charge >= 0.3 is 6.03 Å². The van der Waals surface area contributed by atoms with E-state index in [2.05, 4.69) is 15.6 Å². The molecule has 0 aliphatic carbocycles. The molecule has 0 fully saturated rings. The van der Waals surface area contributed by atoms with Crippen molar-refractivity contribution in [1.82, 2.24) is 10.3 Å². The second kappa shape index (κ2) is 4.95. The SMILES string of the molecule is Cc1csc(NC(=O)NCC(C)C)n1. The van der Waals surface area contributed by atoms with Crippen molar-refractivity contribution >= 4 is 22.5 Å². The highest BCUT2D eigenvalue weighted by molar-refractivity contribution is 7.13. The fourth-order valence-corrected chi connectivity index (χ4v) is 1.53. The Morgan fingerprint density at radius 3 is 2.86 bits per heavy atom. The fraction of sp³-hybridized carbons (Fsp3) is 0.556. The minimum Gasteiger partial charge on any atom is -0.338 e. The van der Waals surface area contributed by atoms with Crippen LogP contribution in [0.15, 0.2) is 5.38 Å². The second-order valence-corrected chi connectivity index (χ2v) is 4.38. The van der Waals surface area contributed by atoms with Crippen molar-refractivity contribution in [3.05, 3.63) is 11.1 Å². The highest BCUT2D eigenvalue weighted by atomic mass is 32.1. The molecule has 5 heteroatoms. The van der Waals surface area contributed by atoms with Crippen LogP contribution in [0.25, 0.3) is 0 Å². The summed E-state index contributed by atoms with van der Waals surface area (Å²) in [5, 5.41) is 7.98. The highest BCUT2D eigenvalue weighted by Crippen LogP contribution is 2.13. The molecule has 1 aromatic rings. The van der Waals surface area contributed by atoms with Crippen molar-refractivity contribution in [2.45, 2.75) is 20.8 Å². The normalized spacial score (nSPS) is 10.3. The van der Waals surface area contributed by atoms with Crippen molar-refractivity contribution in [3.63, 3.8) is 0 Å². The number of nitrogens with zero attached hydrogens (tertiary/aromatic N) is 1. The number of thiazole rings is 1. The van der Waals surface area contributed by atoms with Crippen molar-refractivity contribution in [2.24, 2.45) is 5.92 Å². The number of carbonyl (C=O) groups excluding carboxylic acids is 1. The zero-order valence-electron chi connectivity index (χ0n) is 8.63. The number of aromatic nitrogens is 1. The molecule has 1 aromatic heterocycles. The van der Waals surface area contributed by atoms with Crippen LogP contribution in [0.5, 0.6) is 0 Å². The monoisotopic (exact) mass is 213 g/mol. The summed E-state index contributed by atoms with van der Waals surface area (Å²) >= 11 is 1.43. The first kappa shape index (κ1) is 11.0. The third kappa shape index (κ3) is 3.74. The van der Waals surface area contributed by atoms with E-state index in [-0.39, 0.29) is 6.03 Å². The van der Waals surface area contributed by atoms with Gasteiger partial charge in [-0.15, -0.1) is 11.3 Å². The van der Waals surface area contributed by atoms with Crippen LogP contribution in [0.1, 0.15) is 19.5 Å². The molecule has 0 radical (unpaired) electrons. The Morgan fingerprint density at radius 2 is 2.36 bits per heavy atom. The predicted molar refractivity (Wildman–Crippen MR) is 58.7 cm³/mol. The Morgan fingerprint density at radius 1 is 1.64 bits per heavy atom. The van der Waals surface area contributed by atoms with Gasteiger partial charge in [-0.2, -0.15) is 0 Å². The predicted octanol–water partition coefficient (Wildman–Crippen LogP) is 2.23. The molecule has 4 nitrogen and oxygen atoms in total. The molecule has 78 valence electrons. The molecule has 1 rings (SSSR count). The van der Waals surface area contributed by atoms with Gasteiger partial charge in [-0.25, -0.2) is 9.78 Å². The lowest BCUT2D eigenvalue weighted by atomic mass is 10.2. The first-order valence-corrected chi connectivity index (χ1v) is 5.43. The number of urea groups is 1. The van der Waals surface area contributed by atoms with Crippen LogP contribution in [0.3, 0.4) is 0 Å². The molecule has 2 N–H and O–H groups in total. The number of anilines is 1. The maximum absolute atomic E-state index is 11.3. The average Bonchev–Trinajstić information content (AvgIpc) is 2.48. The van der Waals surface area contributed by atoms with Crippen molar-refractivity contribution in [1.29, 1.82) is 0 Å². The van der Waals surface area contributed by atoms with E-state index in [9.17, 15) is 4.79 Å². The number of carbonyl (C=O) groups is 1. The molecule has 0 bridgehead atoms. The maximum atomic E-state index is 11.3. The summed E-state index contributed by atoms with van der Waals surface area (Å²) in [6, 6.07) is -0.187. The minimum absolute atomic E-state index is 0.187. The Kier molecular flexibility index (Phi) is 3.88. The van der Waals surface area contributed by atoms with Crippen LogP contribution >= 0.6 is 11.3 Å². The van der Waals surface area contributed by atoms with E-state index < -0.39 is 0 Å². The van der Waals surface area contributed by atoms with E-state index in [0.717, 1.165) is 5.69 Å². The van der Waals surface area contributed by atoms with Gasteiger partial charge in [0.05, 0.1) is 5.69 Å². The summed E-state index contributed by atoms with van der Waals surface area (Å²) in [7, 11) is 0. The highest BCUT2D eigenvalue weighted by Gasteiger charge is 2.04. The zero-order valence-corrected chi connectivity index (χ0v) is 9.44. The summed E-state index contributed by atoms with van der Waals surface area (Å²) in [6.45, 7) is 6.67. The van der Waals surface area contributed by atoms with E-state index in [1.54, 1.807) is 0 Å². The van der Waals surface area contributed by atoms with Gasteiger partial charge in [0.2, 0.25) is 0 Å². The van der Waals surface area contributed by atoms with Crippen LogP contribution in [0, 0.1) is 12.8 Å². The standard InChI is InChI=1S/C9H15N3OS/c1-6(2)4-10-8(13)12-9-11-7(3)5-14-9/h5-6H,4H2,1-3H3,(H2,10,11,12,13). The number of hydrogen-bond donors (Lipinski definition) is 2. The van der Waals surface area contributed by atoms with Crippen molar-refractivity contribution < 1.29 is 4.79 Å². The Bertz CT molecular complexity index is 309. The average molecular weight is 213 g/mol. The molecule has 0 saturated heterocycles. The quantitative estimate of drug-likeness (QED) is 0.809. The molecule has 0 saturated carbocycles. The van der Waals surface area contributed by atoms with E-state index >= 15 is 0 Å². The lowest BCUT2D eigenvalue weighted by Gasteiger charge is -2.06. The van der Waals surface area contributed by atoms with Crippen LogP contribution < -0.4 is 10.6 Å². The molecule has 0 aliphatic rings. The van der Waals surface area contributed by atoms with Crippen LogP contribution in [0.2, 0.25) is 0 Å². The molecule has 0 unspecified atom stereocenters. The molecule has 1 heterocycles. The van der Waals surface area contributed by atoms with Crippen molar-refractivity contribution in [2.75, 3.05) is 11.9 Å². The van der Waals surface area contributed by atoms with Gasteiger partial charge in [-0.05, 0) is 12.8 Å². The Balaban J connectivity index is 2.34. The molecule has 2 amide bonds. The second-order valence-electron chi connectivity index (χ2n) is 3.52. The van der Waals surface area contributed by atoms with Gasteiger partial charge in [0.1, 0.15) is 0 Å². The Hall–Kier alpha value is -1.10. The molecule has 0 aromatic carbocycles. The smallest absolute Gasteiger partial charge is 0.321 e. The van der Waals surface area contributed by atoms with Gasteiger partial charge in [0.25, 0.3) is 0 Å². The van der Waals surface area contributed by atoms with Gasteiger partial charge in [0.15, 0.2) is 5.13 Å². The van der Waals surface area contributed by atoms with Gasteiger partial charge in [-0.3, -0.25) is 5.32 Å². The molecule has 0 spiro atoms. The summed E-state index contributed by atoms with van der Waals surface area (Å²) in [6.07, 6.45) is 0. The van der Waals surface area contributed by atoms with E-state index in [4.69, 9.17) is 0 Å².